The van der Waals surface area contributed by atoms with Crippen LogP contribution in [0.5, 0.6) is 0 Å². The highest BCUT2D eigenvalue weighted by Gasteiger charge is 2.24. The van der Waals surface area contributed by atoms with Gasteiger partial charge in [0.05, 0.1) is 0 Å². The first kappa shape index (κ1) is 13.6. The van der Waals surface area contributed by atoms with E-state index in [1.54, 1.807) is 0 Å². The zero-order valence-electron chi connectivity index (χ0n) is 9.16. The Balaban J connectivity index is 0.00000128. The summed E-state index contributed by atoms with van der Waals surface area (Å²) in [6.45, 7) is 0. The maximum atomic E-state index is 6.23. The van der Waals surface area contributed by atoms with Crippen LogP contribution in [0.4, 0.5) is 5.69 Å². The Bertz CT molecular complexity index is 349. The zero-order valence-corrected chi connectivity index (χ0v) is 10.7. The van der Waals surface area contributed by atoms with Crippen LogP contribution < -0.4 is 11.5 Å². The lowest BCUT2D eigenvalue weighted by atomic mass is 9.91. The molecule has 2 nitrogen and oxygen atoms in total. The van der Waals surface area contributed by atoms with E-state index in [1.165, 1.54) is 25.7 Å². The fraction of sp³-hybridized carbons (Fsp3) is 0.500. The van der Waals surface area contributed by atoms with Crippen LogP contribution in [0, 0.1) is 5.92 Å². The monoisotopic (exact) mass is 260 g/mol. The summed E-state index contributed by atoms with van der Waals surface area (Å²) in [6.07, 6.45) is 5.01. The molecule has 1 fully saturated rings. The van der Waals surface area contributed by atoms with Crippen LogP contribution in [-0.4, -0.2) is 0 Å². The molecule has 4 heteroatoms. The average Bonchev–Trinajstić information content (AvgIpc) is 2.74. The van der Waals surface area contributed by atoms with Crippen molar-refractivity contribution in [1.29, 1.82) is 0 Å². The van der Waals surface area contributed by atoms with Gasteiger partial charge in [-0.2, -0.15) is 0 Å². The summed E-state index contributed by atoms with van der Waals surface area (Å²) >= 11 is 5.96. The van der Waals surface area contributed by atoms with E-state index in [2.05, 4.69) is 0 Å². The molecule has 0 aliphatic heterocycles. The van der Waals surface area contributed by atoms with Gasteiger partial charge in [0, 0.05) is 16.8 Å². The summed E-state index contributed by atoms with van der Waals surface area (Å²) in [4.78, 5) is 0. The summed E-state index contributed by atoms with van der Waals surface area (Å²) in [6, 6.07) is 5.60. The maximum Gasteiger partial charge on any atom is 0.0410 e. The minimum atomic E-state index is 0. The molecule has 0 heterocycles. The second-order valence-corrected chi connectivity index (χ2v) is 4.78. The van der Waals surface area contributed by atoms with Gasteiger partial charge in [0.2, 0.25) is 0 Å². The van der Waals surface area contributed by atoms with Gasteiger partial charge in [-0.25, -0.2) is 0 Å². The van der Waals surface area contributed by atoms with Gasteiger partial charge in [-0.05, 0) is 42.5 Å². The molecule has 90 valence electrons. The van der Waals surface area contributed by atoms with Crippen LogP contribution in [0.2, 0.25) is 5.02 Å². The van der Waals surface area contributed by atoms with Crippen molar-refractivity contribution in [2.24, 2.45) is 11.7 Å². The highest BCUT2D eigenvalue weighted by molar-refractivity contribution is 6.30. The second kappa shape index (κ2) is 5.76. The minimum absolute atomic E-state index is 0. The molecule has 0 spiro atoms. The first-order valence-electron chi connectivity index (χ1n) is 5.49. The fourth-order valence-corrected chi connectivity index (χ4v) is 2.59. The largest absolute Gasteiger partial charge is 0.398 e. The smallest absolute Gasteiger partial charge is 0.0410 e. The molecule has 1 aromatic rings. The average molecular weight is 261 g/mol. The van der Waals surface area contributed by atoms with Crippen molar-refractivity contribution < 1.29 is 0 Å². The molecule has 0 bridgehead atoms. The van der Waals surface area contributed by atoms with Gasteiger partial charge in [-0.15, -0.1) is 12.4 Å². The maximum absolute atomic E-state index is 6.23. The predicted molar refractivity (Wildman–Crippen MR) is 72.0 cm³/mol. The van der Waals surface area contributed by atoms with E-state index in [1.807, 2.05) is 18.2 Å². The molecular formula is C12H18Cl2N2. The number of hydrogen-bond acceptors (Lipinski definition) is 2. The third-order valence-corrected chi connectivity index (χ3v) is 3.55. The van der Waals surface area contributed by atoms with Gasteiger partial charge in [-0.3, -0.25) is 0 Å². The number of anilines is 1. The number of halogens is 2. The van der Waals surface area contributed by atoms with Gasteiger partial charge in [0.25, 0.3) is 0 Å². The lowest BCUT2D eigenvalue weighted by Crippen LogP contribution is -2.20. The molecule has 1 aliphatic rings. The minimum Gasteiger partial charge on any atom is -0.398 e. The predicted octanol–water partition coefficient (Wildman–Crippen LogP) is 3.53. The van der Waals surface area contributed by atoms with E-state index in [4.69, 9.17) is 23.1 Å². The molecule has 16 heavy (non-hydrogen) atoms. The highest BCUT2D eigenvalue weighted by Crippen LogP contribution is 2.36. The van der Waals surface area contributed by atoms with Gasteiger partial charge >= 0.3 is 0 Å². The third-order valence-electron chi connectivity index (χ3n) is 3.32. The molecular weight excluding hydrogens is 243 g/mol. The highest BCUT2D eigenvalue weighted by atomic mass is 35.5. The van der Waals surface area contributed by atoms with E-state index in [-0.39, 0.29) is 18.4 Å². The summed E-state index contributed by atoms with van der Waals surface area (Å²) in [7, 11) is 0. The van der Waals surface area contributed by atoms with Crippen LogP contribution in [-0.2, 0) is 0 Å². The van der Waals surface area contributed by atoms with E-state index < -0.39 is 0 Å². The van der Waals surface area contributed by atoms with Crippen LogP contribution in [0.1, 0.15) is 37.3 Å². The zero-order chi connectivity index (χ0) is 10.8. The normalized spacial score (nSPS) is 18.1. The standard InChI is InChI=1S/C12H17ClN2.ClH/c13-9-5-6-11(14)10(7-9)12(15)8-3-1-2-4-8;/h5-8,12H,1-4,14-15H2;1H/t12-;/m0./s1. The Morgan fingerprint density at radius 2 is 1.88 bits per heavy atom. The lowest BCUT2D eigenvalue weighted by molar-refractivity contribution is 0.446. The molecule has 0 unspecified atom stereocenters. The van der Waals surface area contributed by atoms with Crippen molar-refractivity contribution in [3.63, 3.8) is 0 Å². The molecule has 0 amide bonds. The van der Waals surface area contributed by atoms with Gasteiger partial charge in [-0.1, -0.05) is 24.4 Å². The van der Waals surface area contributed by atoms with E-state index in [0.29, 0.717) is 10.9 Å². The quantitative estimate of drug-likeness (QED) is 0.800. The number of benzene rings is 1. The van der Waals surface area contributed by atoms with Crippen molar-refractivity contribution in [3.05, 3.63) is 28.8 Å². The Morgan fingerprint density at radius 3 is 2.50 bits per heavy atom. The molecule has 1 atom stereocenters. The van der Waals surface area contributed by atoms with Crippen molar-refractivity contribution in [2.75, 3.05) is 5.73 Å². The second-order valence-electron chi connectivity index (χ2n) is 4.34. The molecule has 1 aromatic carbocycles. The number of nitrogens with two attached hydrogens (primary N) is 2. The summed E-state index contributed by atoms with van der Waals surface area (Å²) < 4.78 is 0. The molecule has 0 saturated heterocycles. The van der Waals surface area contributed by atoms with Crippen molar-refractivity contribution >= 4 is 29.7 Å². The van der Waals surface area contributed by atoms with Crippen LogP contribution in [0.15, 0.2) is 18.2 Å². The van der Waals surface area contributed by atoms with Crippen molar-refractivity contribution in [2.45, 2.75) is 31.7 Å². The van der Waals surface area contributed by atoms with Crippen LogP contribution in [0.25, 0.3) is 0 Å². The summed E-state index contributed by atoms with van der Waals surface area (Å²) in [5.74, 6) is 0.575. The molecule has 4 N–H and O–H groups in total. The Morgan fingerprint density at radius 1 is 1.25 bits per heavy atom. The van der Waals surface area contributed by atoms with E-state index >= 15 is 0 Å². The summed E-state index contributed by atoms with van der Waals surface area (Å²) in [5, 5.41) is 0.715. The van der Waals surface area contributed by atoms with Crippen LogP contribution in [0.3, 0.4) is 0 Å². The molecule has 0 aromatic heterocycles. The third kappa shape index (κ3) is 2.82. The van der Waals surface area contributed by atoms with E-state index in [0.717, 1.165) is 11.3 Å². The molecule has 1 aliphatic carbocycles. The summed E-state index contributed by atoms with van der Waals surface area (Å²) in [5.41, 5.74) is 13.9. The van der Waals surface area contributed by atoms with Gasteiger partial charge in [0.1, 0.15) is 0 Å². The molecule has 2 rings (SSSR count). The topological polar surface area (TPSA) is 52.0 Å². The lowest BCUT2D eigenvalue weighted by Gasteiger charge is -2.20. The fourth-order valence-electron chi connectivity index (χ4n) is 2.40. The number of hydrogen-bond donors (Lipinski definition) is 2. The first-order valence-corrected chi connectivity index (χ1v) is 5.87. The Labute approximate surface area is 108 Å². The molecule has 0 radical (unpaired) electrons. The van der Waals surface area contributed by atoms with Gasteiger partial charge in [0.15, 0.2) is 0 Å². The Hall–Kier alpha value is -0.440. The van der Waals surface area contributed by atoms with Crippen molar-refractivity contribution in [3.8, 4) is 0 Å². The van der Waals surface area contributed by atoms with Crippen LogP contribution >= 0.6 is 24.0 Å². The number of rotatable bonds is 2. The van der Waals surface area contributed by atoms with E-state index in [9.17, 15) is 0 Å². The molecule has 1 saturated carbocycles. The first-order chi connectivity index (χ1) is 7.18. The Kier molecular flexibility index (Phi) is 4.90. The SMILES string of the molecule is Cl.Nc1ccc(Cl)cc1[C@@H](N)C1CCCC1. The van der Waals surface area contributed by atoms with Crippen molar-refractivity contribution in [1.82, 2.24) is 0 Å². The van der Waals surface area contributed by atoms with Gasteiger partial charge < -0.3 is 11.5 Å². The number of nitrogen functional groups attached to an aromatic ring is 1.